The first-order valence-electron chi connectivity index (χ1n) is 10.4. The van der Waals surface area contributed by atoms with Crippen molar-refractivity contribution in [1.29, 1.82) is 10.5 Å². The number of thioether (sulfide) groups is 6. The predicted molar refractivity (Wildman–Crippen MR) is 145 cm³/mol. The van der Waals surface area contributed by atoms with E-state index in [0.717, 1.165) is 4.24 Å². The Morgan fingerprint density at radius 3 is 1.50 bits per heavy atom. The molecule has 2 heterocycles. The van der Waals surface area contributed by atoms with Crippen LogP contribution in [-0.4, -0.2) is 11.5 Å². The van der Waals surface area contributed by atoms with E-state index in [1.807, 2.05) is 47.0 Å². The molecule has 0 aliphatic carbocycles. The fourth-order valence-electron chi connectivity index (χ4n) is 2.59. The van der Waals surface area contributed by atoms with Crippen molar-refractivity contribution in [2.24, 2.45) is 0 Å². The van der Waals surface area contributed by atoms with Crippen LogP contribution >= 0.6 is 70.6 Å². The average Bonchev–Trinajstić information content (AvgIpc) is 3.35. The van der Waals surface area contributed by atoms with Crippen LogP contribution in [0.1, 0.15) is 65.2 Å². The molecule has 0 fully saturated rings. The Balaban J connectivity index is 1.93. The lowest BCUT2D eigenvalue weighted by molar-refractivity contribution is 0.707. The van der Waals surface area contributed by atoms with Gasteiger partial charge in [0.05, 0.1) is 16.9 Å². The Bertz CT molecular complexity index is 726. The summed E-state index contributed by atoms with van der Waals surface area (Å²) >= 11 is 10.6. The van der Waals surface area contributed by atoms with Gasteiger partial charge in [0.1, 0.15) is 21.9 Å². The van der Waals surface area contributed by atoms with Crippen LogP contribution in [0.15, 0.2) is 38.9 Å². The third-order valence-corrected chi connectivity index (χ3v) is 12.1. The van der Waals surface area contributed by atoms with Crippen molar-refractivity contribution in [3.05, 3.63) is 38.9 Å². The molecule has 0 aromatic heterocycles. The lowest BCUT2D eigenvalue weighted by atomic mass is 10.2. The van der Waals surface area contributed by atoms with Crippen molar-refractivity contribution in [3.8, 4) is 12.1 Å². The van der Waals surface area contributed by atoms with Crippen LogP contribution in [0.3, 0.4) is 0 Å². The number of rotatable bonds is 13. The monoisotopic (exact) mass is 512 g/mol. The Hall–Kier alpha value is 0.0400. The summed E-state index contributed by atoms with van der Waals surface area (Å²) in [7, 11) is 0. The molecular formula is C22H28N2S6. The molecule has 0 saturated carbocycles. The summed E-state index contributed by atoms with van der Waals surface area (Å²) in [5.74, 6) is 2.40. The highest BCUT2D eigenvalue weighted by Gasteiger charge is 2.23. The molecule has 0 saturated heterocycles. The Morgan fingerprint density at radius 2 is 1.10 bits per heavy atom. The molecule has 0 amide bonds. The van der Waals surface area contributed by atoms with Crippen molar-refractivity contribution >= 4 is 70.6 Å². The van der Waals surface area contributed by atoms with Crippen LogP contribution in [0.25, 0.3) is 0 Å². The molecular weight excluding hydrogens is 485 g/mol. The molecule has 30 heavy (non-hydrogen) atoms. The van der Waals surface area contributed by atoms with E-state index in [1.54, 1.807) is 0 Å². The van der Waals surface area contributed by atoms with Crippen LogP contribution in [-0.2, 0) is 0 Å². The molecule has 0 N–H and O–H groups in total. The van der Waals surface area contributed by atoms with Gasteiger partial charge in [-0.15, -0.1) is 23.5 Å². The third-order valence-electron chi connectivity index (χ3n) is 4.19. The lowest BCUT2D eigenvalue weighted by Gasteiger charge is -2.05. The fraction of sp³-hybridized carbons (Fsp3) is 0.545. The minimum atomic E-state index is 0.517. The number of hydrogen-bond donors (Lipinski definition) is 0. The molecule has 2 rings (SSSR count). The summed E-state index contributed by atoms with van der Waals surface area (Å²) < 4.78 is 5.22. The van der Waals surface area contributed by atoms with Crippen LogP contribution in [0.5, 0.6) is 0 Å². The van der Waals surface area contributed by atoms with E-state index >= 15 is 0 Å². The SMILES string of the molecule is CCCCCCSC1=C(SCCCCCC)SC(=CC=C2SC(C#N)=C(C#N)S2)S1. The summed E-state index contributed by atoms with van der Waals surface area (Å²) in [6.07, 6.45) is 14.7. The standard InChI is InChI=1S/C22H28N2S6/c1-3-5-7-9-13-25-21-22(26-14-10-8-6-4-2)30-20(29-21)12-11-19-27-17(15-23)18(16-24)28-19/h11-12H,3-10,13-14H2,1-2H3. The fourth-order valence-corrected chi connectivity index (χ4v) is 10.4. The van der Waals surface area contributed by atoms with Gasteiger partial charge in [0, 0.05) is 0 Å². The number of allylic oxidation sites excluding steroid dienone is 4. The summed E-state index contributed by atoms with van der Waals surface area (Å²) in [6, 6.07) is 4.25. The summed E-state index contributed by atoms with van der Waals surface area (Å²) in [6.45, 7) is 4.52. The second kappa shape index (κ2) is 15.8. The molecule has 2 nitrogen and oxygen atoms in total. The Morgan fingerprint density at radius 1 is 0.667 bits per heavy atom. The maximum Gasteiger partial charge on any atom is 0.115 e. The zero-order valence-corrected chi connectivity index (χ0v) is 22.5. The first kappa shape index (κ1) is 26.3. The van der Waals surface area contributed by atoms with E-state index in [0.29, 0.717) is 9.81 Å². The smallest absolute Gasteiger partial charge is 0.115 e. The number of nitrogens with zero attached hydrogens (tertiary/aromatic N) is 2. The van der Waals surface area contributed by atoms with E-state index in [4.69, 9.17) is 10.5 Å². The molecule has 0 bridgehead atoms. The number of unbranched alkanes of at least 4 members (excludes halogenated alkanes) is 6. The third kappa shape index (κ3) is 9.27. The molecule has 0 spiro atoms. The molecule has 2 aliphatic heterocycles. The largest absolute Gasteiger partial charge is 0.192 e. The second-order valence-electron chi connectivity index (χ2n) is 6.65. The van der Waals surface area contributed by atoms with Gasteiger partial charge in [0.15, 0.2) is 0 Å². The molecule has 0 unspecified atom stereocenters. The van der Waals surface area contributed by atoms with E-state index in [-0.39, 0.29) is 0 Å². The highest BCUT2D eigenvalue weighted by molar-refractivity contribution is 8.40. The first-order valence-corrected chi connectivity index (χ1v) is 15.6. The molecule has 0 radical (unpaired) electrons. The van der Waals surface area contributed by atoms with Gasteiger partial charge < -0.3 is 0 Å². The number of hydrogen-bond acceptors (Lipinski definition) is 8. The van der Waals surface area contributed by atoms with E-state index < -0.39 is 0 Å². The van der Waals surface area contributed by atoms with Crippen LogP contribution in [0.4, 0.5) is 0 Å². The van der Waals surface area contributed by atoms with Gasteiger partial charge in [0.25, 0.3) is 0 Å². The normalized spacial score (nSPS) is 16.3. The molecule has 0 atom stereocenters. The van der Waals surface area contributed by atoms with Gasteiger partial charge in [-0.2, -0.15) is 10.5 Å². The van der Waals surface area contributed by atoms with Crippen molar-refractivity contribution in [2.45, 2.75) is 65.2 Å². The second-order valence-corrected chi connectivity index (χ2v) is 14.1. The minimum absolute atomic E-state index is 0.517. The van der Waals surface area contributed by atoms with Crippen molar-refractivity contribution in [2.75, 3.05) is 11.5 Å². The first-order chi connectivity index (χ1) is 14.7. The van der Waals surface area contributed by atoms with Gasteiger partial charge in [-0.1, -0.05) is 99.4 Å². The Labute approximate surface area is 207 Å². The molecule has 8 heteroatoms. The van der Waals surface area contributed by atoms with Gasteiger partial charge >= 0.3 is 0 Å². The van der Waals surface area contributed by atoms with Crippen molar-refractivity contribution in [3.63, 3.8) is 0 Å². The number of nitriles is 2. The molecule has 0 aromatic carbocycles. The van der Waals surface area contributed by atoms with Crippen molar-refractivity contribution < 1.29 is 0 Å². The van der Waals surface area contributed by atoms with Crippen LogP contribution in [0.2, 0.25) is 0 Å². The molecule has 0 aromatic rings. The quantitative estimate of drug-likeness (QED) is 0.226. The predicted octanol–water partition coefficient (Wildman–Crippen LogP) is 9.64. The summed E-state index contributed by atoms with van der Waals surface area (Å²) in [4.78, 5) is 1.03. The zero-order valence-electron chi connectivity index (χ0n) is 17.6. The average molecular weight is 513 g/mol. The van der Waals surface area contributed by atoms with Gasteiger partial charge in [-0.05, 0) is 36.5 Å². The van der Waals surface area contributed by atoms with E-state index in [9.17, 15) is 0 Å². The summed E-state index contributed by atoms with van der Waals surface area (Å²) in [5.41, 5.74) is 0. The lowest BCUT2D eigenvalue weighted by Crippen LogP contribution is -1.83. The zero-order chi connectivity index (χ0) is 21.6. The minimum Gasteiger partial charge on any atom is -0.192 e. The highest BCUT2D eigenvalue weighted by atomic mass is 32.3. The highest BCUT2D eigenvalue weighted by Crippen LogP contribution is 2.58. The maximum atomic E-state index is 9.15. The summed E-state index contributed by atoms with van der Waals surface area (Å²) in [5, 5.41) is 18.3. The molecule has 2 aliphatic rings. The Kier molecular flexibility index (Phi) is 13.8. The van der Waals surface area contributed by atoms with Gasteiger partial charge in [0.2, 0.25) is 0 Å². The maximum absolute atomic E-state index is 9.15. The van der Waals surface area contributed by atoms with Gasteiger partial charge in [-0.3, -0.25) is 0 Å². The van der Waals surface area contributed by atoms with Gasteiger partial charge in [-0.25, -0.2) is 0 Å². The molecule has 162 valence electrons. The van der Waals surface area contributed by atoms with E-state index in [2.05, 4.69) is 38.1 Å². The van der Waals surface area contributed by atoms with Crippen LogP contribution < -0.4 is 0 Å². The van der Waals surface area contributed by atoms with Crippen LogP contribution in [0, 0.1) is 22.7 Å². The van der Waals surface area contributed by atoms with E-state index in [1.165, 1.54) is 99.1 Å². The topological polar surface area (TPSA) is 47.6 Å². The van der Waals surface area contributed by atoms with Crippen molar-refractivity contribution in [1.82, 2.24) is 0 Å².